The number of aromatic nitrogens is 2. The molecule has 0 radical (unpaired) electrons. The van der Waals surface area contributed by atoms with Crippen molar-refractivity contribution in [2.75, 3.05) is 0 Å². The summed E-state index contributed by atoms with van der Waals surface area (Å²) in [6, 6.07) is 13.5. The SMILES string of the molecule is CCc1c(CN)nn(-c2ccc(Cl)cc2Cl)c1-c1ccc(Br)cc1.Cl. The summed E-state index contributed by atoms with van der Waals surface area (Å²) >= 11 is 15.9. The number of hydrogen-bond acceptors (Lipinski definition) is 2. The van der Waals surface area contributed by atoms with Crippen molar-refractivity contribution in [2.24, 2.45) is 5.73 Å². The molecule has 0 aliphatic rings. The maximum atomic E-state index is 6.41. The lowest BCUT2D eigenvalue weighted by molar-refractivity contribution is 0.837. The maximum Gasteiger partial charge on any atom is 0.0840 e. The third-order valence-corrected chi connectivity index (χ3v) is 4.94. The Morgan fingerprint density at radius 1 is 1.12 bits per heavy atom. The summed E-state index contributed by atoms with van der Waals surface area (Å²) < 4.78 is 2.89. The van der Waals surface area contributed by atoms with E-state index in [4.69, 9.17) is 34.0 Å². The van der Waals surface area contributed by atoms with E-state index in [1.165, 1.54) is 0 Å². The van der Waals surface area contributed by atoms with Gasteiger partial charge in [-0.2, -0.15) is 5.10 Å². The van der Waals surface area contributed by atoms with Crippen LogP contribution in [0.15, 0.2) is 46.9 Å². The molecule has 0 atom stereocenters. The second-order valence-corrected chi connectivity index (χ2v) is 7.11. The minimum Gasteiger partial charge on any atom is -0.325 e. The van der Waals surface area contributed by atoms with E-state index in [-0.39, 0.29) is 12.4 Å². The molecule has 0 saturated carbocycles. The van der Waals surface area contributed by atoms with E-state index in [1.54, 1.807) is 6.07 Å². The largest absolute Gasteiger partial charge is 0.325 e. The zero-order chi connectivity index (χ0) is 17.3. The molecule has 0 aliphatic carbocycles. The van der Waals surface area contributed by atoms with Crippen LogP contribution >= 0.6 is 51.5 Å². The van der Waals surface area contributed by atoms with Gasteiger partial charge in [-0.25, -0.2) is 4.68 Å². The van der Waals surface area contributed by atoms with Gasteiger partial charge in [0.1, 0.15) is 0 Å². The van der Waals surface area contributed by atoms with Gasteiger partial charge < -0.3 is 5.73 Å². The minimum atomic E-state index is 0. The number of nitrogens with two attached hydrogens (primary N) is 1. The fourth-order valence-corrected chi connectivity index (χ4v) is 3.52. The Morgan fingerprint density at radius 3 is 2.36 bits per heavy atom. The number of halogens is 4. The molecule has 3 nitrogen and oxygen atoms in total. The molecule has 0 saturated heterocycles. The lowest BCUT2D eigenvalue weighted by Gasteiger charge is -2.11. The summed E-state index contributed by atoms with van der Waals surface area (Å²) in [6.45, 7) is 2.48. The molecule has 25 heavy (non-hydrogen) atoms. The van der Waals surface area contributed by atoms with Crippen LogP contribution in [0, 0.1) is 0 Å². The van der Waals surface area contributed by atoms with Crippen LogP contribution in [0.1, 0.15) is 18.2 Å². The minimum absolute atomic E-state index is 0. The van der Waals surface area contributed by atoms with Crippen molar-refractivity contribution in [3.63, 3.8) is 0 Å². The van der Waals surface area contributed by atoms with Crippen molar-refractivity contribution >= 4 is 51.5 Å². The molecule has 0 unspecified atom stereocenters. The van der Waals surface area contributed by atoms with E-state index in [2.05, 4.69) is 35.0 Å². The van der Waals surface area contributed by atoms with Gasteiger partial charge in [0.2, 0.25) is 0 Å². The quantitative estimate of drug-likeness (QED) is 0.514. The molecule has 3 aromatic rings. The van der Waals surface area contributed by atoms with Crippen molar-refractivity contribution in [1.82, 2.24) is 9.78 Å². The fourth-order valence-electron chi connectivity index (χ4n) is 2.76. The Bertz CT molecular complexity index is 876. The van der Waals surface area contributed by atoms with Crippen LogP contribution in [0.2, 0.25) is 10.0 Å². The molecule has 3 rings (SSSR count). The van der Waals surface area contributed by atoms with Crippen molar-refractivity contribution < 1.29 is 0 Å². The van der Waals surface area contributed by atoms with Gasteiger partial charge in [-0.3, -0.25) is 0 Å². The number of rotatable bonds is 4. The Labute approximate surface area is 171 Å². The summed E-state index contributed by atoms with van der Waals surface area (Å²) in [7, 11) is 0. The second-order valence-electron chi connectivity index (χ2n) is 5.35. The molecule has 0 fully saturated rings. The number of hydrogen-bond donors (Lipinski definition) is 1. The Balaban J connectivity index is 0.00000225. The summed E-state index contributed by atoms with van der Waals surface area (Å²) in [6.07, 6.45) is 0.836. The molecule has 0 spiro atoms. The van der Waals surface area contributed by atoms with Gasteiger partial charge in [0.05, 0.1) is 22.1 Å². The predicted octanol–water partition coefficient (Wildman–Crippen LogP) is 6.05. The van der Waals surface area contributed by atoms with Crippen LogP contribution in [0.25, 0.3) is 16.9 Å². The van der Waals surface area contributed by atoms with Crippen LogP contribution in [0.5, 0.6) is 0 Å². The van der Waals surface area contributed by atoms with Gasteiger partial charge in [-0.15, -0.1) is 12.4 Å². The van der Waals surface area contributed by atoms with Crippen LogP contribution in [0.4, 0.5) is 0 Å². The van der Waals surface area contributed by atoms with E-state index >= 15 is 0 Å². The lowest BCUT2D eigenvalue weighted by Crippen LogP contribution is -2.02. The van der Waals surface area contributed by atoms with Gasteiger partial charge >= 0.3 is 0 Å². The van der Waals surface area contributed by atoms with Crippen molar-refractivity contribution in [3.05, 3.63) is 68.2 Å². The fraction of sp³-hybridized carbons (Fsp3) is 0.167. The average Bonchev–Trinajstić information content (AvgIpc) is 2.94. The first kappa shape index (κ1) is 20.3. The monoisotopic (exact) mass is 459 g/mol. The highest BCUT2D eigenvalue weighted by Gasteiger charge is 2.19. The Morgan fingerprint density at radius 2 is 1.80 bits per heavy atom. The molecule has 7 heteroatoms. The molecule has 1 aromatic heterocycles. The molecule has 0 bridgehead atoms. The standard InChI is InChI=1S/C18H16BrCl2N3.ClH/c1-2-14-16(10-22)23-24(17-8-7-13(20)9-15(17)21)18(14)11-3-5-12(19)6-4-11;/h3-9H,2,10,22H2,1H3;1H. The highest BCUT2D eigenvalue weighted by atomic mass is 79.9. The normalized spacial score (nSPS) is 10.6. The van der Waals surface area contributed by atoms with Crippen molar-refractivity contribution in [1.29, 1.82) is 0 Å². The summed E-state index contributed by atoms with van der Waals surface area (Å²) in [4.78, 5) is 0. The molecule has 1 heterocycles. The van der Waals surface area contributed by atoms with Crippen LogP contribution in [-0.4, -0.2) is 9.78 Å². The van der Waals surface area contributed by atoms with E-state index in [0.29, 0.717) is 16.6 Å². The lowest BCUT2D eigenvalue weighted by atomic mass is 10.0. The van der Waals surface area contributed by atoms with Crippen LogP contribution in [0.3, 0.4) is 0 Å². The van der Waals surface area contributed by atoms with E-state index in [9.17, 15) is 0 Å². The van der Waals surface area contributed by atoms with Crippen molar-refractivity contribution in [2.45, 2.75) is 19.9 Å². The summed E-state index contributed by atoms with van der Waals surface area (Å²) in [5.74, 6) is 0. The highest BCUT2D eigenvalue weighted by molar-refractivity contribution is 9.10. The zero-order valence-corrected chi connectivity index (χ0v) is 17.4. The molecule has 0 aliphatic heterocycles. The summed E-state index contributed by atoms with van der Waals surface area (Å²) in [5, 5.41) is 5.86. The Kier molecular flexibility index (Phi) is 6.94. The highest BCUT2D eigenvalue weighted by Crippen LogP contribution is 2.33. The van der Waals surface area contributed by atoms with Gasteiger partial charge in [-0.1, -0.05) is 58.2 Å². The number of nitrogens with zero attached hydrogens (tertiary/aromatic N) is 2. The van der Waals surface area contributed by atoms with Crippen LogP contribution in [-0.2, 0) is 13.0 Å². The topological polar surface area (TPSA) is 43.8 Å². The van der Waals surface area contributed by atoms with Gasteiger partial charge in [0.25, 0.3) is 0 Å². The van der Waals surface area contributed by atoms with Gasteiger partial charge in [0.15, 0.2) is 0 Å². The van der Waals surface area contributed by atoms with Gasteiger partial charge in [0, 0.05) is 27.2 Å². The molecule has 2 N–H and O–H groups in total. The molecule has 0 amide bonds. The third-order valence-electron chi connectivity index (χ3n) is 3.87. The molecule has 132 valence electrons. The van der Waals surface area contributed by atoms with Gasteiger partial charge in [-0.05, 0) is 36.8 Å². The second kappa shape index (κ2) is 8.56. The Hall–Kier alpha value is -1.04. The average molecular weight is 462 g/mol. The van der Waals surface area contributed by atoms with Crippen LogP contribution < -0.4 is 5.73 Å². The predicted molar refractivity (Wildman–Crippen MR) is 111 cm³/mol. The smallest absolute Gasteiger partial charge is 0.0840 e. The summed E-state index contributed by atoms with van der Waals surface area (Å²) in [5.41, 5.74) is 10.8. The zero-order valence-electron chi connectivity index (χ0n) is 13.5. The van der Waals surface area contributed by atoms with E-state index < -0.39 is 0 Å². The first-order valence-electron chi connectivity index (χ1n) is 7.57. The molecular formula is C18H17BrCl3N3. The third kappa shape index (κ3) is 4.04. The molecular weight excluding hydrogens is 444 g/mol. The maximum absolute atomic E-state index is 6.41. The number of benzene rings is 2. The van der Waals surface area contributed by atoms with Crippen molar-refractivity contribution in [3.8, 4) is 16.9 Å². The van der Waals surface area contributed by atoms with E-state index in [1.807, 2.05) is 28.9 Å². The first-order valence-corrected chi connectivity index (χ1v) is 9.12. The molecule has 2 aromatic carbocycles. The van der Waals surface area contributed by atoms with E-state index in [0.717, 1.165) is 39.1 Å². The first-order chi connectivity index (χ1) is 11.5.